The Morgan fingerprint density at radius 1 is 1.03 bits per heavy atom. The lowest BCUT2D eigenvalue weighted by Gasteiger charge is -2.11. The average Bonchev–Trinajstić information content (AvgIpc) is 3.23. The van der Waals surface area contributed by atoms with Crippen molar-refractivity contribution < 1.29 is 23.9 Å². The zero-order valence-electron chi connectivity index (χ0n) is 20.4. The maximum atomic E-state index is 13.2. The van der Waals surface area contributed by atoms with Gasteiger partial charge >= 0.3 is 5.97 Å². The van der Waals surface area contributed by atoms with Gasteiger partial charge in [0.1, 0.15) is 17.1 Å². The predicted octanol–water partition coefficient (Wildman–Crippen LogP) is 3.84. The van der Waals surface area contributed by atoms with Gasteiger partial charge in [-0.1, -0.05) is 24.3 Å². The summed E-state index contributed by atoms with van der Waals surface area (Å²) in [4.78, 5) is 56.1. The number of hydrogen-bond acceptors (Lipinski definition) is 8. The van der Waals surface area contributed by atoms with E-state index in [-0.39, 0.29) is 29.8 Å². The van der Waals surface area contributed by atoms with Crippen LogP contribution >= 0.6 is 11.3 Å². The number of hydrogen-bond donors (Lipinski definition) is 2. The number of esters is 1. The number of fused-ring (bicyclic) bond motifs is 1. The van der Waals surface area contributed by atoms with Crippen molar-refractivity contribution >= 4 is 50.7 Å². The summed E-state index contributed by atoms with van der Waals surface area (Å²) >= 11 is 1.09. The molecule has 0 radical (unpaired) electrons. The molecule has 2 heterocycles. The van der Waals surface area contributed by atoms with E-state index < -0.39 is 23.3 Å². The van der Waals surface area contributed by atoms with Crippen LogP contribution in [0.25, 0.3) is 10.2 Å². The van der Waals surface area contributed by atoms with Gasteiger partial charge in [0.15, 0.2) is 0 Å². The van der Waals surface area contributed by atoms with Crippen LogP contribution < -0.4 is 20.9 Å². The fourth-order valence-corrected chi connectivity index (χ4v) is 4.77. The average molecular weight is 521 g/mol. The molecule has 11 heteroatoms. The van der Waals surface area contributed by atoms with E-state index in [1.807, 2.05) is 0 Å². The summed E-state index contributed by atoms with van der Waals surface area (Å²) < 4.78 is 11.5. The molecule has 0 fully saturated rings. The second kappa shape index (κ2) is 11.0. The molecule has 4 rings (SSSR count). The fourth-order valence-electron chi connectivity index (χ4n) is 3.74. The number of rotatable bonds is 8. The normalized spacial score (nSPS) is 10.7. The van der Waals surface area contributed by atoms with Crippen LogP contribution in [0.3, 0.4) is 0 Å². The molecule has 0 aliphatic carbocycles. The van der Waals surface area contributed by atoms with Gasteiger partial charge in [-0.2, -0.15) is 0 Å². The van der Waals surface area contributed by atoms with Crippen molar-refractivity contribution in [3.8, 4) is 5.75 Å². The Kier molecular flexibility index (Phi) is 7.63. The molecule has 0 saturated carbocycles. The molecule has 190 valence electrons. The zero-order valence-corrected chi connectivity index (χ0v) is 21.2. The van der Waals surface area contributed by atoms with Crippen molar-refractivity contribution in [3.05, 3.63) is 81.2 Å². The van der Waals surface area contributed by atoms with Gasteiger partial charge in [0, 0.05) is 0 Å². The minimum absolute atomic E-state index is 0.196. The van der Waals surface area contributed by atoms with E-state index in [0.29, 0.717) is 26.7 Å². The van der Waals surface area contributed by atoms with E-state index in [0.717, 1.165) is 15.9 Å². The molecule has 2 N–H and O–H groups in total. The number of carbonyl (C=O) groups excluding carboxylic acids is 3. The van der Waals surface area contributed by atoms with Crippen LogP contribution in [0.1, 0.15) is 32.5 Å². The number of carbonyl (C=O) groups is 3. The van der Waals surface area contributed by atoms with Gasteiger partial charge in [0.2, 0.25) is 5.91 Å². The molecule has 0 saturated heterocycles. The Balaban J connectivity index is 1.57. The molecule has 0 bridgehead atoms. The maximum Gasteiger partial charge on any atom is 0.340 e. The molecule has 0 atom stereocenters. The molecule has 37 heavy (non-hydrogen) atoms. The lowest BCUT2D eigenvalue weighted by Crippen LogP contribution is -2.28. The predicted molar refractivity (Wildman–Crippen MR) is 141 cm³/mol. The number of thiophene rings is 1. The minimum Gasteiger partial charge on any atom is -0.495 e. The highest BCUT2D eigenvalue weighted by Crippen LogP contribution is 2.29. The first-order valence-electron chi connectivity index (χ1n) is 11.3. The SMILES string of the molecule is CCOC(=O)c1ccccc1NC(=O)Cn1cnc2sc(C(=O)Nc3ccccc3OC)c(C)c2c1=O. The summed E-state index contributed by atoms with van der Waals surface area (Å²) in [7, 11) is 1.51. The fraction of sp³-hybridized carbons (Fsp3) is 0.192. The highest BCUT2D eigenvalue weighted by Gasteiger charge is 2.21. The lowest BCUT2D eigenvalue weighted by atomic mass is 10.2. The zero-order chi connectivity index (χ0) is 26.5. The maximum absolute atomic E-state index is 13.2. The summed E-state index contributed by atoms with van der Waals surface area (Å²) in [5.41, 5.74) is 0.987. The van der Waals surface area contributed by atoms with Crippen LogP contribution in [-0.4, -0.2) is 41.1 Å². The van der Waals surface area contributed by atoms with Gasteiger partial charge in [-0.15, -0.1) is 11.3 Å². The molecule has 0 aliphatic heterocycles. The Labute approximate surface area is 215 Å². The van der Waals surface area contributed by atoms with Gasteiger partial charge in [-0.25, -0.2) is 9.78 Å². The molecule has 4 aromatic rings. The monoisotopic (exact) mass is 520 g/mol. The third-order valence-electron chi connectivity index (χ3n) is 5.49. The minimum atomic E-state index is -0.563. The van der Waals surface area contributed by atoms with Crippen molar-refractivity contribution in [2.24, 2.45) is 0 Å². The smallest absolute Gasteiger partial charge is 0.340 e. The van der Waals surface area contributed by atoms with Gasteiger partial charge in [-0.05, 0) is 43.7 Å². The van der Waals surface area contributed by atoms with Crippen LogP contribution in [-0.2, 0) is 16.1 Å². The van der Waals surface area contributed by atoms with Gasteiger partial charge in [0.05, 0.1) is 47.2 Å². The summed E-state index contributed by atoms with van der Waals surface area (Å²) in [6.07, 6.45) is 1.26. The Morgan fingerprint density at radius 2 is 1.73 bits per heavy atom. The number of anilines is 2. The van der Waals surface area contributed by atoms with E-state index in [4.69, 9.17) is 9.47 Å². The Hall–Kier alpha value is -4.51. The van der Waals surface area contributed by atoms with Crippen molar-refractivity contribution in [2.45, 2.75) is 20.4 Å². The molecular formula is C26H24N4O6S. The van der Waals surface area contributed by atoms with Gasteiger partial charge < -0.3 is 20.1 Å². The Morgan fingerprint density at radius 3 is 2.46 bits per heavy atom. The van der Waals surface area contributed by atoms with Crippen molar-refractivity contribution in [3.63, 3.8) is 0 Å². The van der Waals surface area contributed by atoms with Crippen LogP contribution in [0.15, 0.2) is 59.7 Å². The molecule has 2 aromatic heterocycles. The number of nitrogens with zero attached hydrogens (tertiary/aromatic N) is 2. The number of aryl methyl sites for hydroxylation is 1. The molecule has 10 nitrogen and oxygen atoms in total. The summed E-state index contributed by atoms with van der Waals surface area (Å²) in [5, 5.41) is 5.72. The summed E-state index contributed by atoms with van der Waals surface area (Å²) in [5.74, 6) is -0.983. The number of ether oxygens (including phenoxy) is 2. The standard InChI is InChI=1S/C26H24N4O6S/c1-4-36-26(34)16-9-5-6-10-17(16)28-20(31)13-30-14-27-24-21(25(30)33)15(2)22(37-24)23(32)29-18-11-7-8-12-19(18)35-3/h5-12,14H,4,13H2,1-3H3,(H,28,31)(H,29,32). The van der Waals surface area contributed by atoms with Crippen LogP contribution in [0.4, 0.5) is 11.4 Å². The second-order valence-electron chi connectivity index (χ2n) is 7.88. The number of para-hydroxylation sites is 3. The quantitative estimate of drug-likeness (QED) is 0.338. The van der Waals surface area contributed by atoms with Crippen molar-refractivity contribution in [1.82, 2.24) is 9.55 Å². The number of benzene rings is 2. The highest BCUT2D eigenvalue weighted by atomic mass is 32.1. The number of methoxy groups -OCH3 is 1. The van der Waals surface area contributed by atoms with Gasteiger partial charge in [0.25, 0.3) is 11.5 Å². The van der Waals surface area contributed by atoms with Crippen LogP contribution in [0, 0.1) is 6.92 Å². The van der Waals surface area contributed by atoms with Crippen LogP contribution in [0.2, 0.25) is 0 Å². The van der Waals surface area contributed by atoms with E-state index in [2.05, 4.69) is 15.6 Å². The first-order valence-corrected chi connectivity index (χ1v) is 12.1. The lowest BCUT2D eigenvalue weighted by molar-refractivity contribution is -0.116. The van der Waals surface area contributed by atoms with Gasteiger partial charge in [-0.3, -0.25) is 19.0 Å². The summed E-state index contributed by atoms with van der Waals surface area (Å²) in [6.45, 7) is 3.21. The first kappa shape index (κ1) is 25.6. The number of amides is 2. The molecular weight excluding hydrogens is 496 g/mol. The molecule has 0 aliphatic rings. The van der Waals surface area contributed by atoms with Crippen molar-refractivity contribution in [1.29, 1.82) is 0 Å². The second-order valence-corrected chi connectivity index (χ2v) is 8.88. The third kappa shape index (κ3) is 5.36. The van der Waals surface area contributed by atoms with E-state index in [1.165, 1.54) is 13.4 Å². The van der Waals surface area contributed by atoms with E-state index in [9.17, 15) is 19.2 Å². The van der Waals surface area contributed by atoms with Crippen LogP contribution in [0.5, 0.6) is 5.75 Å². The number of nitrogens with one attached hydrogen (secondary N) is 2. The molecule has 0 unspecified atom stereocenters. The molecule has 0 spiro atoms. The van der Waals surface area contributed by atoms with E-state index >= 15 is 0 Å². The Bertz CT molecular complexity index is 1560. The number of aromatic nitrogens is 2. The first-order chi connectivity index (χ1) is 17.8. The largest absolute Gasteiger partial charge is 0.495 e. The molecule has 2 aromatic carbocycles. The highest BCUT2D eigenvalue weighted by molar-refractivity contribution is 7.20. The third-order valence-corrected chi connectivity index (χ3v) is 6.69. The molecule has 2 amide bonds. The topological polar surface area (TPSA) is 129 Å². The van der Waals surface area contributed by atoms with E-state index in [1.54, 1.807) is 62.4 Å². The van der Waals surface area contributed by atoms with Crippen molar-refractivity contribution in [2.75, 3.05) is 24.4 Å². The summed E-state index contributed by atoms with van der Waals surface area (Å²) in [6, 6.07) is 13.4.